The van der Waals surface area contributed by atoms with Crippen molar-refractivity contribution in [3.63, 3.8) is 0 Å². The Morgan fingerprint density at radius 2 is 1.71 bits per heavy atom. The van der Waals surface area contributed by atoms with Crippen molar-refractivity contribution in [1.82, 2.24) is 19.7 Å². The number of likely N-dealkylation sites (N-methyl/N-ethyl adjacent to an activating group) is 2. The molecule has 1 saturated carbocycles. The number of aliphatic hydroxyl groups is 2. The summed E-state index contributed by atoms with van der Waals surface area (Å²) in [6, 6.07) is 10.9. The van der Waals surface area contributed by atoms with Gasteiger partial charge >= 0.3 is 17.9 Å². The Morgan fingerprint density at radius 1 is 0.952 bits per heavy atom. The second kappa shape index (κ2) is 15.1. The number of nitrogens with zero attached hydrogens (tertiary/aromatic N) is 4. The molecule has 9 rings (SSSR count). The Balaban J connectivity index is 1.34. The number of H-pyrrole nitrogens is 1. The number of anilines is 1. The molecular weight excluding hydrogens is 791 g/mol. The van der Waals surface area contributed by atoms with E-state index in [9.17, 15) is 19.8 Å². The van der Waals surface area contributed by atoms with Crippen LogP contribution < -0.4 is 9.64 Å². The SMILES string of the molecule is CC[C@]1(O)CC2CN(CCc3c([nH]c4ccccc34)[C@@](C(=O)OC)(c3cc4c(cc3OC)N(C)C3[C@@](O)(C(=O)OC)C(OC(=O)CN(C)C)[C@]5(CC)C=CCN6CC[C@]43C65)C2)C1. The number of carbonyl (C=O) groups is 3. The molecule has 3 N–H and O–H groups in total. The normalized spacial score (nSPS) is 35.9. The molecule has 10 atom stereocenters. The number of piperidine rings is 1. The number of ether oxygens (including phenoxy) is 4. The number of methoxy groups -OCH3 is 3. The van der Waals surface area contributed by atoms with Crippen molar-refractivity contribution in [1.29, 1.82) is 0 Å². The molecule has 334 valence electrons. The molecule has 2 aromatic carbocycles. The van der Waals surface area contributed by atoms with E-state index in [2.05, 4.69) is 39.1 Å². The molecule has 1 aromatic heterocycles. The minimum absolute atomic E-state index is 0.0438. The summed E-state index contributed by atoms with van der Waals surface area (Å²) in [7, 11) is 9.72. The number of fused-ring (bicyclic) bond motifs is 6. The molecule has 2 bridgehead atoms. The number of esters is 3. The topological polar surface area (TPSA) is 157 Å². The van der Waals surface area contributed by atoms with Gasteiger partial charge in [0.25, 0.3) is 0 Å². The lowest BCUT2D eigenvalue weighted by Gasteiger charge is -2.63. The summed E-state index contributed by atoms with van der Waals surface area (Å²) < 4.78 is 24.3. The predicted molar refractivity (Wildman–Crippen MR) is 233 cm³/mol. The molecule has 1 spiro atoms. The Hall–Kier alpha value is -4.47. The summed E-state index contributed by atoms with van der Waals surface area (Å²) in [5, 5.41) is 26.6. The highest BCUT2D eigenvalue weighted by molar-refractivity contribution is 5.95. The van der Waals surface area contributed by atoms with Crippen molar-refractivity contribution < 1.29 is 43.5 Å². The van der Waals surface area contributed by atoms with Gasteiger partial charge in [0.1, 0.15) is 11.2 Å². The van der Waals surface area contributed by atoms with Gasteiger partial charge in [0.2, 0.25) is 5.60 Å². The summed E-state index contributed by atoms with van der Waals surface area (Å²) in [4.78, 5) is 56.0. The maximum Gasteiger partial charge on any atom is 0.344 e. The Bertz CT molecular complexity index is 2330. The van der Waals surface area contributed by atoms with Gasteiger partial charge in [-0.3, -0.25) is 24.3 Å². The van der Waals surface area contributed by atoms with E-state index in [1.165, 1.54) is 14.2 Å². The largest absolute Gasteiger partial charge is 0.496 e. The fraction of sp³-hybridized carbons (Fsp3) is 0.604. The highest BCUT2D eigenvalue weighted by Crippen LogP contribution is 2.68. The van der Waals surface area contributed by atoms with Crippen LogP contribution in [0.1, 0.15) is 68.3 Å². The van der Waals surface area contributed by atoms with Gasteiger partial charge in [0, 0.05) is 84.0 Å². The van der Waals surface area contributed by atoms with E-state index in [4.69, 9.17) is 18.9 Å². The van der Waals surface area contributed by atoms with Gasteiger partial charge in [-0.1, -0.05) is 44.2 Å². The van der Waals surface area contributed by atoms with Gasteiger partial charge in [0.05, 0.1) is 39.5 Å². The average Bonchev–Trinajstić information content (AvgIpc) is 3.92. The maximum absolute atomic E-state index is 15.4. The molecule has 0 radical (unpaired) electrons. The quantitative estimate of drug-likeness (QED) is 0.164. The van der Waals surface area contributed by atoms with Gasteiger partial charge in [-0.05, 0) is 88.3 Å². The minimum Gasteiger partial charge on any atom is -0.496 e. The first-order chi connectivity index (χ1) is 29.6. The fourth-order valence-corrected chi connectivity index (χ4v) is 13.8. The van der Waals surface area contributed by atoms with E-state index in [-0.39, 0.29) is 18.5 Å². The lowest BCUT2D eigenvalue weighted by molar-refractivity contribution is -0.229. The summed E-state index contributed by atoms with van der Waals surface area (Å²) in [6.07, 6.45) is 5.90. The minimum atomic E-state index is -2.33. The van der Waals surface area contributed by atoms with Crippen LogP contribution in [0.15, 0.2) is 48.6 Å². The number of benzene rings is 2. The van der Waals surface area contributed by atoms with E-state index >= 15 is 4.79 Å². The van der Waals surface area contributed by atoms with Gasteiger partial charge in [-0.2, -0.15) is 0 Å². The molecule has 0 amide bonds. The van der Waals surface area contributed by atoms with Gasteiger partial charge in [-0.25, -0.2) is 4.79 Å². The number of aromatic amines is 1. The molecule has 5 aliphatic heterocycles. The molecule has 14 heteroatoms. The zero-order valence-corrected chi connectivity index (χ0v) is 37.5. The third-order valence-corrected chi connectivity index (χ3v) is 16.0. The number of aromatic nitrogens is 1. The first kappa shape index (κ1) is 42.8. The van der Waals surface area contributed by atoms with Crippen LogP contribution in [-0.2, 0) is 45.8 Å². The Labute approximate surface area is 364 Å². The summed E-state index contributed by atoms with van der Waals surface area (Å²) in [5.74, 6) is -1.53. The molecular formula is C48H63N5O9. The average molecular weight is 854 g/mol. The second-order valence-corrected chi connectivity index (χ2v) is 19.3. The summed E-state index contributed by atoms with van der Waals surface area (Å²) >= 11 is 0. The maximum atomic E-state index is 15.4. The predicted octanol–water partition coefficient (Wildman–Crippen LogP) is 3.53. The lowest BCUT2D eigenvalue weighted by Crippen LogP contribution is -2.81. The van der Waals surface area contributed by atoms with Crippen molar-refractivity contribution in [3.05, 3.63) is 70.9 Å². The number of carbonyl (C=O) groups excluding carboxylic acids is 3. The van der Waals surface area contributed by atoms with E-state index in [0.29, 0.717) is 82.6 Å². The van der Waals surface area contributed by atoms with Gasteiger partial charge in [-0.15, -0.1) is 0 Å². The van der Waals surface area contributed by atoms with Crippen molar-refractivity contribution in [2.45, 2.75) is 92.6 Å². The van der Waals surface area contributed by atoms with E-state index in [1.54, 1.807) is 26.1 Å². The Morgan fingerprint density at radius 3 is 2.40 bits per heavy atom. The highest BCUT2D eigenvalue weighted by atomic mass is 16.6. The lowest BCUT2D eigenvalue weighted by atomic mass is 9.47. The number of hydrogen-bond donors (Lipinski definition) is 3. The number of rotatable bonds is 9. The molecule has 3 fully saturated rings. The van der Waals surface area contributed by atoms with Crippen molar-refractivity contribution >= 4 is 34.5 Å². The van der Waals surface area contributed by atoms with Crippen LogP contribution >= 0.6 is 0 Å². The zero-order valence-electron chi connectivity index (χ0n) is 37.5. The highest BCUT2D eigenvalue weighted by Gasteiger charge is 2.80. The standard InChI is InChI=1S/C48H63N5O9/c1-9-44(57)24-29-25-47(42(55)60-7,38-31(16-20-52(26-29)28-44)30-14-11-12-15-34(30)49-38)33-22-32-35(23-36(33)59-6)51(5)40-46(32)18-21-53-19-13-17-45(10-2,39(46)53)41(48(40,58)43(56)61-8)62-37(54)27-50(3)4/h11-15,17,22-23,29,39-41,49,57-58H,9-10,16,18-21,24-28H2,1-8H3/t29?,39?,40?,41?,44-,45+,46+,47-,48-/m0/s1. The Kier molecular flexibility index (Phi) is 10.4. The van der Waals surface area contributed by atoms with Crippen LogP contribution in [0.3, 0.4) is 0 Å². The van der Waals surface area contributed by atoms with Gasteiger partial charge < -0.3 is 39.0 Å². The van der Waals surface area contributed by atoms with Crippen molar-refractivity contribution in [2.75, 3.05) is 86.6 Å². The first-order valence-electron chi connectivity index (χ1n) is 22.3. The molecule has 62 heavy (non-hydrogen) atoms. The first-order valence-corrected chi connectivity index (χ1v) is 22.3. The van der Waals surface area contributed by atoms with Crippen LogP contribution in [0.2, 0.25) is 0 Å². The van der Waals surface area contributed by atoms with Crippen LogP contribution in [0, 0.1) is 11.3 Å². The fourth-order valence-electron chi connectivity index (χ4n) is 13.8. The second-order valence-electron chi connectivity index (χ2n) is 19.3. The monoisotopic (exact) mass is 853 g/mol. The third kappa shape index (κ3) is 5.75. The molecule has 2 saturated heterocycles. The summed E-state index contributed by atoms with van der Waals surface area (Å²) in [5.41, 5.74) is -1.74. The smallest absolute Gasteiger partial charge is 0.344 e. The molecule has 6 aliphatic rings. The molecule has 5 unspecified atom stereocenters. The van der Waals surface area contributed by atoms with Gasteiger partial charge in [0.15, 0.2) is 6.10 Å². The molecule has 1 aliphatic carbocycles. The van der Waals surface area contributed by atoms with Crippen molar-refractivity contribution in [2.24, 2.45) is 11.3 Å². The van der Waals surface area contributed by atoms with Crippen LogP contribution in [0.5, 0.6) is 5.75 Å². The van der Waals surface area contributed by atoms with E-state index < -0.39 is 57.5 Å². The molecule has 3 aromatic rings. The van der Waals surface area contributed by atoms with Crippen LogP contribution in [0.25, 0.3) is 10.9 Å². The molecule has 6 heterocycles. The summed E-state index contributed by atoms with van der Waals surface area (Å²) in [6.45, 7) is 7.26. The van der Waals surface area contributed by atoms with Crippen molar-refractivity contribution in [3.8, 4) is 5.75 Å². The number of hydrogen-bond acceptors (Lipinski definition) is 13. The number of para-hydroxylation sites is 1. The van der Waals surface area contributed by atoms with Crippen LogP contribution in [-0.4, -0.2) is 159 Å². The van der Waals surface area contributed by atoms with E-state index in [0.717, 1.165) is 33.4 Å². The third-order valence-electron chi connectivity index (χ3n) is 16.0. The molecule has 14 nitrogen and oxygen atoms in total. The zero-order chi connectivity index (χ0) is 44.1. The van der Waals surface area contributed by atoms with Crippen LogP contribution in [0.4, 0.5) is 5.69 Å². The van der Waals surface area contributed by atoms with E-state index in [1.807, 2.05) is 50.1 Å². The number of nitrogens with one attached hydrogen (secondary N) is 1.